The molecule has 1 saturated carbocycles. The molecule has 1 heterocycles. The van der Waals surface area contributed by atoms with Crippen LogP contribution in [-0.4, -0.2) is 12.0 Å². The number of benzene rings is 1. The van der Waals surface area contributed by atoms with Gasteiger partial charge in [-0.3, -0.25) is 4.98 Å². The number of fused-ring (bicyclic) bond motifs is 1. The van der Waals surface area contributed by atoms with Gasteiger partial charge in [-0.2, -0.15) is 0 Å². The van der Waals surface area contributed by atoms with Crippen molar-refractivity contribution in [2.75, 3.05) is 7.05 Å². The quantitative estimate of drug-likeness (QED) is 0.888. The van der Waals surface area contributed by atoms with Crippen LogP contribution < -0.4 is 5.32 Å². The summed E-state index contributed by atoms with van der Waals surface area (Å²) in [6, 6.07) is 11.1. The van der Waals surface area contributed by atoms with E-state index in [1.165, 1.54) is 43.1 Å². The zero-order chi connectivity index (χ0) is 14.0. The van der Waals surface area contributed by atoms with Crippen molar-refractivity contribution >= 4 is 10.9 Å². The average Bonchev–Trinajstić information content (AvgIpc) is 2.49. The Morgan fingerprint density at radius 1 is 1.10 bits per heavy atom. The predicted octanol–water partition coefficient (Wildman–Crippen LogP) is 4.47. The lowest BCUT2D eigenvalue weighted by Gasteiger charge is -2.41. The van der Waals surface area contributed by atoms with E-state index in [-0.39, 0.29) is 0 Å². The van der Waals surface area contributed by atoms with Gasteiger partial charge in [0.05, 0.1) is 5.52 Å². The van der Waals surface area contributed by atoms with Crippen molar-refractivity contribution in [2.24, 2.45) is 5.41 Å². The molecule has 1 aliphatic carbocycles. The molecule has 0 spiro atoms. The zero-order valence-electron chi connectivity index (χ0n) is 12.5. The summed E-state index contributed by atoms with van der Waals surface area (Å²) in [7, 11) is 2.09. The van der Waals surface area contributed by atoms with Crippen LogP contribution in [0.5, 0.6) is 0 Å². The summed E-state index contributed by atoms with van der Waals surface area (Å²) in [6.45, 7) is 2.44. The number of nitrogens with zero attached hydrogens (tertiary/aromatic N) is 1. The van der Waals surface area contributed by atoms with Gasteiger partial charge in [0.1, 0.15) is 0 Å². The normalized spacial score (nSPS) is 19.9. The Kier molecular flexibility index (Phi) is 3.75. The number of aromatic nitrogens is 1. The van der Waals surface area contributed by atoms with Crippen LogP contribution in [0.1, 0.15) is 50.6 Å². The van der Waals surface area contributed by atoms with E-state index in [1.54, 1.807) is 0 Å². The number of nitrogens with one attached hydrogen (secondary N) is 1. The molecular formula is C18H24N2. The third kappa shape index (κ3) is 2.33. The molecule has 0 amide bonds. The van der Waals surface area contributed by atoms with E-state index in [9.17, 15) is 0 Å². The molecule has 106 valence electrons. The van der Waals surface area contributed by atoms with Crippen LogP contribution in [0, 0.1) is 5.41 Å². The molecule has 2 heteroatoms. The topological polar surface area (TPSA) is 24.9 Å². The monoisotopic (exact) mass is 268 g/mol. The first kappa shape index (κ1) is 13.6. The highest BCUT2D eigenvalue weighted by atomic mass is 14.9. The lowest BCUT2D eigenvalue weighted by molar-refractivity contribution is 0.151. The fourth-order valence-electron chi connectivity index (χ4n) is 3.89. The molecule has 0 radical (unpaired) electrons. The molecule has 1 aliphatic rings. The number of pyridine rings is 1. The number of para-hydroxylation sites is 1. The standard InChI is InChI=1S/C18H24N2/c1-18(11-4-3-5-12-18)17(19-2)15-10-6-8-14-9-7-13-20-16(14)15/h6-10,13,17,19H,3-5,11-12H2,1-2H3. The van der Waals surface area contributed by atoms with Crippen LogP contribution in [0.25, 0.3) is 10.9 Å². The summed E-state index contributed by atoms with van der Waals surface area (Å²) in [5, 5.41) is 4.82. The van der Waals surface area contributed by atoms with E-state index in [0.717, 1.165) is 5.52 Å². The third-order valence-electron chi connectivity index (χ3n) is 4.96. The molecule has 20 heavy (non-hydrogen) atoms. The lowest BCUT2D eigenvalue weighted by Crippen LogP contribution is -2.36. The van der Waals surface area contributed by atoms with E-state index >= 15 is 0 Å². The Morgan fingerprint density at radius 3 is 2.60 bits per heavy atom. The van der Waals surface area contributed by atoms with Gasteiger partial charge in [-0.25, -0.2) is 0 Å². The Labute approximate surface area is 121 Å². The third-order valence-corrected chi connectivity index (χ3v) is 4.96. The van der Waals surface area contributed by atoms with Gasteiger partial charge in [-0.1, -0.05) is 50.5 Å². The average molecular weight is 268 g/mol. The molecule has 0 aliphatic heterocycles. The predicted molar refractivity (Wildman–Crippen MR) is 84.7 cm³/mol. The molecule has 0 bridgehead atoms. The first-order chi connectivity index (χ1) is 9.74. The van der Waals surface area contributed by atoms with E-state index in [2.05, 4.69) is 48.5 Å². The van der Waals surface area contributed by atoms with Crippen molar-refractivity contribution in [3.8, 4) is 0 Å². The Bertz CT molecular complexity index is 579. The Hall–Kier alpha value is -1.41. The first-order valence-electron chi connectivity index (χ1n) is 7.75. The molecule has 1 aromatic carbocycles. The van der Waals surface area contributed by atoms with E-state index < -0.39 is 0 Å². The van der Waals surface area contributed by atoms with Gasteiger partial charge in [0.2, 0.25) is 0 Å². The smallest absolute Gasteiger partial charge is 0.0749 e. The maximum Gasteiger partial charge on any atom is 0.0749 e. The minimum Gasteiger partial charge on any atom is -0.312 e. The molecule has 1 aromatic heterocycles. The number of hydrogen-bond donors (Lipinski definition) is 1. The molecule has 1 N–H and O–H groups in total. The fourth-order valence-corrected chi connectivity index (χ4v) is 3.89. The Morgan fingerprint density at radius 2 is 1.85 bits per heavy atom. The van der Waals surface area contributed by atoms with Crippen molar-refractivity contribution in [1.82, 2.24) is 10.3 Å². The molecule has 0 saturated heterocycles. The van der Waals surface area contributed by atoms with E-state index in [1.807, 2.05) is 12.3 Å². The largest absolute Gasteiger partial charge is 0.312 e. The van der Waals surface area contributed by atoms with Gasteiger partial charge >= 0.3 is 0 Å². The van der Waals surface area contributed by atoms with Crippen LogP contribution >= 0.6 is 0 Å². The molecule has 1 unspecified atom stereocenters. The van der Waals surface area contributed by atoms with Gasteiger partial charge in [0.25, 0.3) is 0 Å². The van der Waals surface area contributed by atoms with Crippen molar-refractivity contribution in [3.05, 3.63) is 42.1 Å². The minimum absolute atomic E-state index is 0.346. The summed E-state index contributed by atoms with van der Waals surface area (Å²) in [5.41, 5.74) is 2.86. The maximum absolute atomic E-state index is 4.64. The number of hydrogen-bond acceptors (Lipinski definition) is 2. The van der Waals surface area contributed by atoms with Crippen molar-refractivity contribution in [1.29, 1.82) is 0 Å². The van der Waals surface area contributed by atoms with Crippen LogP contribution in [0.2, 0.25) is 0 Å². The van der Waals surface area contributed by atoms with Crippen molar-refractivity contribution in [2.45, 2.75) is 45.1 Å². The summed E-state index contributed by atoms with van der Waals surface area (Å²) in [6.07, 6.45) is 8.62. The number of rotatable bonds is 3. The van der Waals surface area contributed by atoms with Crippen LogP contribution in [0.15, 0.2) is 36.5 Å². The second-order valence-electron chi connectivity index (χ2n) is 6.36. The van der Waals surface area contributed by atoms with Gasteiger partial charge in [0, 0.05) is 17.6 Å². The highest BCUT2D eigenvalue weighted by molar-refractivity contribution is 5.82. The van der Waals surface area contributed by atoms with Crippen molar-refractivity contribution < 1.29 is 0 Å². The van der Waals surface area contributed by atoms with Gasteiger partial charge < -0.3 is 5.32 Å². The zero-order valence-corrected chi connectivity index (χ0v) is 12.5. The molecular weight excluding hydrogens is 244 g/mol. The molecule has 1 fully saturated rings. The van der Waals surface area contributed by atoms with E-state index in [0.29, 0.717) is 11.5 Å². The summed E-state index contributed by atoms with van der Waals surface area (Å²) in [4.78, 5) is 4.64. The molecule has 1 atom stereocenters. The summed E-state index contributed by atoms with van der Waals surface area (Å²) < 4.78 is 0. The first-order valence-corrected chi connectivity index (χ1v) is 7.75. The summed E-state index contributed by atoms with van der Waals surface area (Å²) >= 11 is 0. The van der Waals surface area contributed by atoms with Crippen LogP contribution in [0.4, 0.5) is 0 Å². The van der Waals surface area contributed by atoms with Gasteiger partial charge in [-0.15, -0.1) is 0 Å². The molecule has 2 nitrogen and oxygen atoms in total. The SMILES string of the molecule is CNC(c1cccc2cccnc12)C1(C)CCCCC1. The van der Waals surface area contributed by atoms with Crippen LogP contribution in [0.3, 0.4) is 0 Å². The fraction of sp³-hybridized carbons (Fsp3) is 0.500. The second-order valence-corrected chi connectivity index (χ2v) is 6.36. The molecule has 3 rings (SSSR count). The highest BCUT2D eigenvalue weighted by Gasteiger charge is 2.36. The second kappa shape index (κ2) is 5.53. The van der Waals surface area contributed by atoms with Gasteiger partial charge in [0.15, 0.2) is 0 Å². The maximum atomic E-state index is 4.64. The summed E-state index contributed by atoms with van der Waals surface area (Å²) in [5.74, 6) is 0. The Balaban J connectivity index is 2.07. The highest BCUT2D eigenvalue weighted by Crippen LogP contribution is 2.46. The molecule has 2 aromatic rings. The van der Waals surface area contributed by atoms with E-state index in [4.69, 9.17) is 0 Å². The van der Waals surface area contributed by atoms with Crippen LogP contribution in [-0.2, 0) is 0 Å². The van der Waals surface area contributed by atoms with Gasteiger partial charge in [-0.05, 0) is 36.9 Å². The minimum atomic E-state index is 0.346. The lowest BCUT2D eigenvalue weighted by atomic mass is 9.68. The van der Waals surface area contributed by atoms with Crippen molar-refractivity contribution in [3.63, 3.8) is 0 Å².